The molecule has 0 aliphatic heterocycles. The summed E-state index contributed by atoms with van der Waals surface area (Å²) in [4.78, 5) is 23.7. The third-order valence-corrected chi connectivity index (χ3v) is 5.11. The van der Waals surface area contributed by atoms with Gasteiger partial charge in [0, 0.05) is 30.5 Å². The van der Waals surface area contributed by atoms with E-state index < -0.39 is 0 Å². The number of rotatable bonds is 9. The van der Waals surface area contributed by atoms with Gasteiger partial charge in [0.05, 0.1) is 11.5 Å². The average Bonchev–Trinajstić information content (AvgIpc) is 3.10. The van der Waals surface area contributed by atoms with Crippen molar-refractivity contribution in [2.75, 3.05) is 23.4 Å². The highest BCUT2D eigenvalue weighted by Gasteiger charge is 2.06. The lowest BCUT2D eigenvalue weighted by Crippen LogP contribution is -2.27. The van der Waals surface area contributed by atoms with Gasteiger partial charge in [-0.05, 0) is 48.2 Å². The lowest BCUT2D eigenvalue weighted by molar-refractivity contribution is -0.118. The van der Waals surface area contributed by atoms with Crippen molar-refractivity contribution in [2.24, 2.45) is 0 Å². The third kappa shape index (κ3) is 5.85. The minimum atomic E-state index is -0.353. The van der Waals surface area contributed by atoms with Crippen molar-refractivity contribution >= 4 is 40.2 Å². The van der Waals surface area contributed by atoms with Crippen LogP contribution in [-0.2, 0) is 16.1 Å². The molecule has 0 fully saturated rings. The highest BCUT2D eigenvalue weighted by atomic mass is 32.2. The van der Waals surface area contributed by atoms with Crippen LogP contribution < -0.4 is 10.6 Å². The largest absolute Gasteiger partial charge is 0.355 e. The number of carbonyl (C=O) groups is 2. The fourth-order valence-electron chi connectivity index (χ4n) is 2.83. The van der Waals surface area contributed by atoms with Gasteiger partial charge in [0.2, 0.25) is 11.8 Å². The number of benzene rings is 2. The van der Waals surface area contributed by atoms with Crippen molar-refractivity contribution in [3.05, 3.63) is 66.6 Å². The van der Waals surface area contributed by atoms with Gasteiger partial charge in [0.15, 0.2) is 0 Å². The summed E-state index contributed by atoms with van der Waals surface area (Å²) in [6.07, 6.45) is 2.89. The summed E-state index contributed by atoms with van der Waals surface area (Å²) in [5.74, 6) is -0.265. The van der Waals surface area contributed by atoms with Gasteiger partial charge in [0.25, 0.3) is 0 Å². The second-order valence-corrected chi connectivity index (χ2v) is 7.30. The summed E-state index contributed by atoms with van der Waals surface area (Å²) in [7, 11) is 0. The van der Waals surface area contributed by atoms with E-state index in [0.717, 1.165) is 13.0 Å². The van der Waals surface area contributed by atoms with Crippen LogP contribution in [-0.4, -0.2) is 34.4 Å². The zero-order chi connectivity index (χ0) is 19.8. The number of nitrogens with zero attached hydrogens (tertiary/aromatic N) is 1. The first-order valence-corrected chi connectivity index (χ1v) is 10.2. The van der Waals surface area contributed by atoms with Crippen molar-refractivity contribution in [1.82, 2.24) is 9.88 Å². The monoisotopic (exact) mass is 399 g/mol. The number of para-hydroxylation sites is 1. The van der Waals surface area contributed by atoms with E-state index in [2.05, 4.69) is 39.6 Å². The number of nitrogens with one attached hydrogen (secondary N) is 2. The molecule has 0 bridgehead atoms. The Bertz CT molecular complexity index is 940. The maximum absolute atomic E-state index is 12.8. The van der Waals surface area contributed by atoms with Gasteiger partial charge in [-0.25, -0.2) is 4.39 Å². The van der Waals surface area contributed by atoms with Crippen molar-refractivity contribution in [2.45, 2.75) is 13.0 Å². The number of carbonyl (C=O) groups excluding carboxylic acids is 2. The van der Waals surface area contributed by atoms with Crippen LogP contribution in [0.1, 0.15) is 6.42 Å². The Kier molecular flexibility index (Phi) is 7.08. The fraction of sp³-hybridized carbons (Fsp3) is 0.238. The van der Waals surface area contributed by atoms with Gasteiger partial charge >= 0.3 is 0 Å². The summed E-state index contributed by atoms with van der Waals surface area (Å²) >= 11 is 1.25. The Labute approximate surface area is 167 Å². The molecule has 3 rings (SSSR count). The lowest BCUT2D eigenvalue weighted by atomic mass is 10.2. The molecule has 0 unspecified atom stereocenters. The molecular formula is C21H22FN3O2S. The zero-order valence-corrected chi connectivity index (χ0v) is 16.2. The van der Waals surface area contributed by atoms with E-state index in [9.17, 15) is 14.0 Å². The van der Waals surface area contributed by atoms with Gasteiger partial charge in [0.1, 0.15) is 5.82 Å². The number of halogens is 1. The molecule has 2 amide bonds. The number of anilines is 1. The van der Waals surface area contributed by atoms with Crippen molar-refractivity contribution in [1.29, 1.82) is 0 Å². The van der Waals surface area contributed by atoms with Crippen LogP contribution in [0.2, 0.25) is 0 Å². The standard InChI is InChI=1S/C21H22FN3O2S/c22-17-6-8-18(9-7-17)24-21(27)15-28-14-20(26)23-11-3-12-25-13-10-16-4-1-2-5-19(16)25/h1-2,4-10,13H,3,11-12,14-15H2,(H,23,26)(H,24,27). The number of fused-ring (bicyclic) bond motifs is 1. The molecule has 0 saturated heterocycles. The molecule has 2 aromatic carbocycles. The number of hydrogen-bond acceptors (Lipinski definition) is 3. The molecule has 5 nitrogen and oxygen atoms in total. The van der Waals surface area contributed by atoms with Crippen LogP contribution in [0.3, 0.4) is 0 Å². The minimum Gasteiger partial charge on any atom is -0.355 e. The molecule has 2 N–H and O–H groups in total. The molecule has 146 valence electrons. The maximum Gasteiger partial charge on any atom is 0.234 e. The molecule has 0 saturated carbocycles. The predicted octanol–water partition coefficient (Wildman–Crippen LogP) is 3.66. The number of aryl methyl sites for hydroxylation is 1. The molecule has 7 heteroatoms. The first kappa shape index (κ1) is 19.9. The lowest BCUT2D eigenvalue weighted by Gasteiger charge is -2.08. The molecule has 3 aromatic rings. The summed E-state index contributed by atoms with van der Waals surface area (Å²) in [5, 5.41) is 6.75. The quantitative estimate of drug-likeness (QED) is 0.540. The summed E-state index contributed by atoms with van der Waals surface area (Å²) < 4.78 is 15.0. The maximum atomic E-state index is 12.8. The first-order valence-electron chi connectivity index (χ1n) is 9.05. The second kappa shape index (κ2) is 9.94. The molecule has 1 heterocycles. The molecule has 1 aromatic heterocycles. The number of hydrogen-bond donors (Lipinski definition) is 2. The highest BCUT2D eigenvalue weighted by Crippen LogP contribution is 2.15. The zero-order valence-electron chi connectivity index (χ0n) is 15.4. The smallest absolute Gasteiger partial charge is 0.234 e. The van der Waals surface area contributed by atoms with Crippen molar-refractivity contribution in [3.8, 4) is 0 Å². The van der Waals surface area contributed by atoms with Crippen molar-refractivity contribution < 1.29 is 14.0 Å². The number of amides is 2. The van der Waals surface area contributed by atoms with Gasteiger partial charge < -0.3 is 15.2 Å². The van der Waals surface area contributed by atoms with E-state index >= 15 is 0 Å². The molecular weight excluding hydrogens is 377 g/mol. The van der Waals surface area contributed by atoms with E-state index in [4.69, 9.17) is 0 Å². The molecule has 0 atom stereocenters. The van der Waals surface area contributed by atoms with Crippen LogP contribution in [0, 0.1) is 5.82 Å². The van der Waals surface area contributed by atoms with E-state index in [1.807, 2.05) is 12.1 Å². The van der Waals surface area contributed by atoms with Crippen LogP contribution in [0.25, 0.3) is 10.9 Å². The second-order valence-electron chi connectivity index (χ2n) is 6.32. The predicted molar refractivity (Wildman–Crippen MR) is 112 cm³/mol. The van der Waals surface area contributed by atoms with Crippen LogP contribution in [0.5, 0.6) is 0 Å². The normalized spacial score (nSPS) is 10.8. The van der Waals surface area contributed by atoms with Crippen LogP contribution in [0.4, 0.5) is 10.1 Å². The Balaban J connectivity index is 1.29. The molecule has 28 heavy (non-hydrogen) atoms. The Morgan fingerprint density at radius 3 is 2.54 bits per heavy atom. The van der Waals surface area contributed by atoms with Crippen molar-refractivity contribution in [3.63, 3.8) is 0 Å². The van der Waals surface area contributed by atoms with Gasteiger partial charge in [-0.3, -0.25) is 9.59 Å². The van der Waals surface area contributed by atoms with E-state index in [-0.39, 0.29) is 29.1 Å². The summed E-state index contributed by atoms with van der Waals surface area (Å²) in [5.41, 5.74) is 1.73. The van der Waals surface area contributed by atoms with Crippen LogP contribution >= 0.6 is 11.8 Å². The first-order chi connectivity index (χ1) is 13.6. The molecule has 0 aliphatic rings. The van der Waals surface area contributed by atoms with Gasteiger partial charge in [-0.1, -0.05) is 18.2 Å². The molecule has 0 aliphatic carbocycles. The van der Waals surface area contributed by atoms with Gasteiger partial charge in [-0.2, -0.15) is 0 Å². The Morgan fingerprint density at radius 1 is 0.964 bits per heavy atom. The topological polar surface area (TPSA) is 63.1 Å². The van der Waals surface area contributed by atoms with Gasteiger partial charge in [-0.15, -0.1) is 11.8 Å². The third-order valence-electron chi connectivity index (χ3n) is 4.17. The number of aromatic nitrogens is 1. The van der Waals surface area contributed by atoms with E-state index in [0.29, 0.717) is 12.2 Å². The van der Waals surface area contributed by atoms with E-state index in [1.54, 1.807) is 0 Å². The fourth-order valence-corrected chi connectivity index (χ4v) is 3.48. The van der Waals surface area contributed by atoms with Crippen LogP contribution in [0.15, 0.2) is 60.8 Å². The Morgan fingerprint density at radius 2 is 1.71 bits per heavy atom. The molecule has 0 radical (unpaired) electrons. The molecule has 0 spiro atoms. The number of thioether (sulfide) groups is 1. The summed E-state index contributed by atoms with van der Waals surface area (Å²) in [6.45, 7) is 1.43. The highest BCUT2D eigenvalue weighted by molar-refractivity contribution is 8.00. The average molecular weight is 399 g/mol. The van der Waals surface area contributed by atoms with E-state index in [1.165, 1.54) is 46.9 Å². The Hall–Kier alpha value is -2.80. The minimum absolute atomic E-state index is 0.0862. The SMILES string of the molecule is O=C(CSCC(=O)Nc1ccc(F)cc1)NCCCn1ccc2ccccc21. The summed E-state index contributed by atoms with van der Waals surface area (Å²) in [6, 6.07) is 15.9.